The van der Waals surface area contributed by atoms with Crippen LogP contribution in [0.4, 0.5) is 10.1 Å². The fraction of sp³-hybridized carbons (Fsp3) is 0.333. The van der Waals surface area contributed by atoms with Gasteiger partial charge < -0.3 is 10.2 Å². The normalized spacial score (nSPS) is 13.5. The number of azide groups is 1. The number of hydrogen-bond donors (Lipinski definition) is 2. The van der Waals surface area contributed by atoms with Crippen LogP contribution in [0.25, 0.3) is 10.4 Å². The molecule has 0 bridgehead atoms. The molecule has 1 rings (SSSR count). The smallest absolute Gasteiger partial charge is 0.305 e. The average molecular weight is 256 g/mol. The van der Waals surface area contributed by atoms with Gasteiger partial charge in [-0.3, -0.25) is 10.1 Å². The van der Waals surface area contributed by atoms with E-state index in [4.69, 9.17) is 5.53 Å². The number of rotatable bonds is 5. The maximum atomic E-state index is 13.0. The van der Waals surface area contributed by atoms with Gasteiger partial charge in [0.2, 0.25) is 5.82 Å². The first-order valence-electron chi connectivity index (χ1n) is 4.78. The Balaban J connectivity index is 2.99. The lowest BCUT2D eigenvalue weighted by Crippen LogP contribution is -2.21. The molecular weight excluding hydrogens is 247 g/mol. The summed E-state index contributed by atoms with van der Waals surface area (Å²) < 4.78 is 13.0. The lowest BCUT2D eigenvalue weighted by molar-refractivity contribution is -0.387. The van der Waals surface area contributed by atoms with Crippen LogP contribution < -0.4 is 0 Å². The Hall–Kier alpha value is -2.22. The number of nitro benzene ring substituents is 1. The molecule has 0 aromatic heterocycles. The van der Waals surface area contributed by atoms with E-state index in [1.807, 2.05) is 0 Å². The molecule has 0 saturated carbocycles. The minimum atomic E-state index is -1.50. The van der Waals surface area contributed by atoms with E-state index in [0.29, 0.717) is 0 Å². The van der Waals surface area contributed by atoms with E-state index >= 15 is 0 Å². The molecule has 0 spiro atoms. The molecule has 2 N–H and O–H groups in total. The number of benzene rings is 1. The summed E-state index contributed by atoms with van der Waals surface area (Å²) in [7, 11) is 0. The highest BCUT2D eigenvalue weighted by Gasteiger charge is 2.22. The minimum Gasteiger partial charge on any atom is -0.390 e. The van der Waals surface area contributed by atoms with Gasteiger partial charge in [0.1, 0.15) is 6.10 Å². The number of halogens is 1. The summed E-state index contributed by atoms with van der Waals surface area (Å²) in [6.07, 6.45) is -2.93. The second-order valence-corrected chi connectivity index (χ2v) is 3.39. The molecule has 0 aliphatic heterocycles. The molecule has 9 heteroatoms. The van der Waals surface area contributed by atoms with Crippen LogP contribution in [0.2, 0.25) is 0 Å². The van der Waals surface area contributed by atoms with Gasteiger partial charge in [-0.05, 0) is 17.2 Å². The van der Waals surface area contributed by atoms with Gasteiger partial charge in [-0.1, -0.05) is 11.2 Å². The Morgan fingerprint density at radius 1 is 1.56 bits per heavy atom. The lowest BCUT2D eigenvalue weighted by Gasteiger charge is -2.15. The molecule has 1 aromatic rings. The number of aliphatic hydroxyl groups is 2. The predicted octanol–water partition coefficient (Wildman–Crippen LogP) is 1.44. The summed E-state index contributed by atoms with van der Waals surface area (Å²) >= 11 is 0. The quantitative estimate of drug-likeness (QED) is 0.271. The molecule has 2 atom stereocenters. The summed E-state index contributed by atoms with van der Waals surface area (Å²) in [5.41, 5.74) is 7.21. The SMILES string of the molecule is [N-]=[N+]=NCC(O)C(O)c1ccc(F)c([N+](=O)[O-])c1. The van der Waals surface area contributed by atoms with Crippen molar-refractivity contribution in [2.24, 2.45) is 5.11 Å². The van der Waals surface area contributed by atoms with Crippen molar-refractivity contribution in [3.8, 4) is 0 Å². The molecule has 0 heterocycles. The molecule has 0 amide bonds. The standard InChI is InChI=1S/C9H9FN4O4/c10-6-2-1-5(3-7(6)14(17)18)9(16)8(15)4-12-13-11/h1-3,8-9,15-16H,4H2. The second kappa shape index (κ2) is 5.92. The number of aliphatic hydroxyl groups excluding tert-OH is 2. The van der Waals surface area contributed by atoms with Crippen molar-refractivity contribution >= 4 is 5.69 Å². The van der Waals surface area contributed by atoms with Crippen molar-refractivity contribution in [1.29, 1.82) is 0 Å². The highest BCUT2D eigenvalue weighted by Crippen LogP contribution is 2.24. The van der Waals surface area contributed by atoms with Crippen molar-refractivity contribution in [2.75, 3.05) is 6.54 Å². The van der Waals surface area contributed by atoms with Crippen LogP contribution in [0, 0.1) is 15.9 Å². The molecule has 2 unspecified atom stereocenters. The number of nitro groups is 1. The molecular formula is C9H9FN4O4. The second-order valence-electron chi connectivity index (χ2n) is 3.39. The topological polar surface area (TPSA) is 132 Å². The molecule has 18 heavy (non-hydrogen) atoms. The third kappa shape index (κ3) is 3.14. The van der Waals surface area contributed by atoms with Crippen LogP contribution >= 0.6 is 0 Å². The van der Waals surface area contributed by atoms with Gasteiger partial charge in [0.25, 0.3) is 0 Å². The maximum Gasteiger partial charge on any atom is 0.305 e. The summed E-state index contributed by atoms with van der Waals surface area (Å²) in [5, 5.41) is 32.6. The van der Waals surface area contributed by atoms with Crippen LogP contribution in [-0.4, -0.2) is 27.8 Å². The van der Waals surface area contributed by atoms with E-state index in [9.17, 15) is 24.7 Å². The highest BCUT2D eigenvalue weighted by molar-refractivity contribution is 5.37. The first-order valence-corrected chi connectivity index (χ1v) is 4.78. The third-order valence-corrected chi connectivity index (χ3v) is 2.20. The first-order chi connectivity index (χ1) is 8.47. The zero-order valence-electron chi connectivity index (χ0n) is 8.97. The molecule has 8 nitrogen and oxygen atoms in total. The molecule has 96 valence electrons. The van der Waals surface area contributed by atoms with Crippen LogP contribution in [-0.2, 0) is 0 Å². The lowest BCUT2D eigenvalue weighted by atomic mass is 10.0. The summed E-state index contributed by atoms with van der Waals surface area (Å²) in [5.74, 6) is -1.04. The zero-order chi connectivity index (χ0) is 13.7. The maximum absolute atomic E-state index is 13.0. The van der Waals surface area contributed by atoms with Gasteiger partial charge in [0, 0.05) is 11.0 Å². The van der Waals surface area contributed by atoms with Crippen LogP contribution in [0.5, 0.6) is 0 Å². The molecule has 0 aliphatic rings. The van der Waals surface area contributed by atoms with E-state index in [0.717, 1.165) is 18.2 Å². The van der Waals surface area contributed by atoms with Gasteiger partial charge in [0.05, 0.1) is 17.6 Å². The van der Waals surface area contributed by atoms with E-state index in [1.165, 1.54) is 0 Å². The van der Waals surface area contributed by atoms with Crippen LogP contribution in [0.3, 0.4) is 0 Å². The summed E-state index contributed by atoms with van der Waals surface area (Å²) in [4.78, 5) is 12.0. The van der Waals surface area contributed by atoms with Gasteiger partial charge in [-0.2, -0.15) is 4.39 Å². The molecule has 0 aliphatic carbocycles. The van der Waals surface area contributed by atoms with Gasteiger partial charge in [-0.25, -0.2) is 0 Å². The fourth-order valence-electron chi connectivity index (χ4n) is 1.30. The van der Waals surface area contributed by atoms with E-state index in [1.54, 1.807) is 0 Å². The van der Waals surface area contributed by atoms with Gasteiger partial charge in [0.15, 0.2) is 0 Å². The van der Waals surface area contributed by atoms with Gasteiger partial charge >= 0.3 is 5.69 Å². The predicted molar refractivity (Wildman–Crippen MR) is 58.0 cm³/mol. The van der Waals surface area contributed by atoms with Crippen molar-refractivity contribution < 1.29 is 19.5 Å². The molecule has 0 saturated heterocycles. The molecule has 0 radical (unpaired) electrons. The Morgan fingerprint density at radius 2 is 2.22 bits per heavy atom. The van der Waals surface area contributed by atoms with Crippen LogP contribution in [0.1, 0.15) is 11.7 Å². The highest BCUT2D eigenvalue weighted by atomic mass is 19.1. The van der Waals surface area contributed by atoms with E-state index < -0.39 is 35.2 Å². The first kappa shape index (κ1) is 13.8. The minimum absolute atomic E-state index is 0.0382. The largest absolute Gasteiger partial charge is 0.390 e. The molecule has 1 aromatic carbocycles. The third-order valence-electron chi connectivity index (χ3n) is 2.20. The van der Waals surface area contributed by atoms with Crippen LogP contribution in [0.15, 0.2) is 23.3 Å². The number of hydrogen-bond acceptors (Lipinski definition) is 5. The summed E-state index contributed by atoms with van der Waals surface area (Å²) in [6.45, 7) is -0.400. The molecule has 0 fully saturated rings. The average Bonchev–Trinajstić information content (AvgIpc) is 2.35. The fourth-order valence-corrected chi connectivity index (χ4v) is 1.30. The Bertz CT molecular complexity index is 503. The Morgan fingerprint density at radius 3 is 2.78 bits per heavy atom. The number of nitrogens with zero attached hydrogens (tertiary/aromatic N) is 4. The van der Waals surface area contributed by atoms with Crippen molar-refractivity contribution in [3.05, 3.63) is 50.1 Å². The van der Waals surface area contributed by atoms with Crippen molar-refractivity contribution in [3.63, 3.8) is 0 Å². The summed E-state index contributed by atoms with van der Waals surface area (Å²) in [6, 6.07) is 2.74. The van der Waals surface area contributed by atoms with E-state index in [2.05, 4.69) is 10.0 Å². The zero-order valence-corrected chi connectivity index (χ0v) is 8.97. The Labute approximate surface area is 100 Å². The van der Waals surface area contributed by atoms with Crippen molar-refractivity contribution in [1.82, 2.24) is 0 Å². The van der Waals surface area contributed by atoms with Crippen molar-refractivity contribution in [2.45, 2.75) is 12.2 Å². The van der Waals surface area contributed by atoms with Gasteiger partial charge in [-0.15, -0.1) is 0 Å². The Kier molecular flexibility index (Phi) is 4.55. The monoisotopic (exact) mass is 256 g/mol. The van der Waals surface area contributed by atoms with E-state index in [-0.39, 0.29) is 5.56 Å².